The third-order valence-corrected chi connectivity index (χ3v) is 9.20. The van der Waals surface area contributed by atoms with Crippen LogP contribution in [0.4, 0.5) is 34.4 Å². The summed E-state index contributed by atoms with van der Waals surface area (Å²) in [6.07, 6.45) is 4.68. The average Bonchev–Trinajstić information content (AvgIpc) is 3.76. The van der Waals surface area contributed by atoms with Crippen molar-refractivity contribution in [3.05, 3.63) is 65.0 Å². The highest BCUT2D eigenvalue weighted by Gasteiger charge is 2.31. The van der Waals surface area contributed by atoms with E-state index in [0.29, 0.717) is 26.2 Å². The Kier molecular flexibility index (Phi) is 22.7. The summed E-state index contributed by atoms with van der Waals surface area (Å²) in [4.78, 5) is 54.3. The molecule has 0 radical (unpaired) electrons. The largest absolute Gasteiger partial charge is 0.726 e. The van der Waals surface area contributed by atoms with Gasteiger partial charge in [-0.25, -0.2) is 18.4 Å². The van der Waals surface area contributed by atoms with E-state index in [2.05, 4.69) is 41.5 Å². The standard InChI is InChI=1S/C11H16N5O4.C10H13N5O4.C4H8O.C2H6O4S.CH4O4S.CH4/c1-16(2)5-3-13(4-6-16)11-10(15(19)20)7-9(8-12-11)14(17)18;1-12-2-4-13(5-3-12)10-9(15(18)19)6-8(7-11-10)14(16)17;1-2-4-5-3-1;1-5-7(3,4)6-2;1-5-6(2,3)4;/h7-8H,3-6H2,1-2H3;6-7H,2-5H2,1H3;1-4H2;1-2H3;1H3,(H,2,3,4);1H4/q+1;;;;;/p-1. The molecule has 3 fully saturated rings. The van der Waals surface area contributed by atoms with Crippen LogP contribution >= 0.6 is 0 Å². The lowest BCUT2D eigenvalue weighted by atomic mass is 10.2. The molecule has 0 bridgehead atoms. The summed E-state index contributed by atoms with van der Waals surface area (Å²) in [5.74, 6) is 0.406. The SMILES string of the molecule is C.C1CCOC1.CN1CCN(c2ncc([N+](=O)[O-])cc2[N+](=O)[O-])CC1.COS(=O)(=O)OC.COS(=O)(=O)[O-].C[N+]1(C)CCN(c2ncc([N+](=O)[O-])cc2[N+](=O)[O-])CC1. The van der Waals surface area contributed by atoms with Gasteiger partial charge in [0.2, 0.25) is 22.0 Å². The molecule has 0 amide bonds. The van der Waals surface area contributed by atoms with Gasteiger partial charge in [0.1, 0.15) is 12.4 Å². The van der Waals surface area contributed by atoms with Crippen molar-refractivity contribution in [2.75, 3.05) is 118 Å². The number of aromatic nitrogens is 2. The number of nitro groups is 4. The molecule has 5 heterocycles. The fourth-order valence-electron chi connectivity index (χ4n) is 4.64. The molecule has 58 heavy (non-hydrogen) atoms. The summed E-state index contributed by atoms with van der Waals surface area (Å²) in [5, 5.41) is 43.4. The van der Waals surface area contributed by atoms with Gasteiger partial charge in [0.05, 0.1) is 93.4 Å². The van der Waals surface area contributed by atoms with E-state index < -0.39 is 40.5 Å². The van der Waals surface area contributed by atoms with E-state index in [9.17, 15) is 61.8 Å². The van der Waals surface area contributed by atoms with Crippen LogP contribution in [0.2, 0.25) is 0 Å². The molecule has 0 aliphatic carbocycles. The molecule has 0 spiro atoms. The van der Waals surface area contributed by atoms with Gasteiger partial charge in [0.15, 0.2) is 0 Å². The van der Waals surface area contributed by atoms with Gasteiger partial charge in [-0.1, -0.05) is 7.43 Å². The van der Waals surface area contributed by atoms with Crippen molar-refractivity contribution in [1.82, 2.24) is 14.9 Å². The molecule has 0 saturated carbocycles. The van der Waals surface area contributed by atoms with Crippen LogP contribution in [0.3, 0.4) is 0 Å². The Hall–Kier alpha value is -4.88. The molecule has 27 nitrogen and oxygen atoms in total. The zero-order chi connectivity index (χ0) is 43.6. The lowest BCUT2D eigenvalue weighted by Crippen LogP contribution is -2.55. The number of piperazine rings is 2. The van der Waals surface area contributed by atoms with Crippen LogP contribution in [0.5, 0.6) is 0 Å². The maximum Gasteiger partial charge on any atom is 0.399 e. The van der Waals surface area contributed by atoms with Crippen molar-refractivity contribution in [2.24, 2.45) is 0 Å². The number of ether oxygens (including phenoxy) is 1. The van der Waals surface area contributed by atoms with Crippen LogP contribution in [-0.2, 0) is 38.1 Å². The Bertz CT molecular complexity index is 1850. The summed E-state index contributed by atoms with van der Waals surface area (Å²) in [6.45, 7) is 7.74. The molecule has 3 aliphatic heterocycles. The van der Waals surface area contributed by atoms with Crippen LogP contribution in [0, 0.1) is 40.5 Å². The van der Waals surface area contributed by atoms with Gasteiger partial charge in [-0.3, -0.25) is 53.0 Å². The molecule has 330 valence electrons. The average molecular weight is 875 g/mol. The predicted octanol–water partition coefficient (Wildman–Crippen LogP) is 1.49. The molecular weight excluding hydrogens is 825 g/mol. The monoisotopic (exact) mass is 874 g/mol. The lowest BCUT2D eigenvalue weighted by Gasteiger charge is -2.39. The first kappa shape index (κ1) is 53.1. The molecule has 29 heteroatoms. The minimum atomic E-state index is -4.41. The zero-order valence-corrected chi connectivity index (χ0v) is 33.7. The molecule has 0 atom stereocenters. The first-order valence-corrected chi connectivity index (χ1v) is 19.2. The normalized spacial score (nSPS) is 16.2. The van der Waals surface area contributed by atoms with E-state index >= 15 is 0 Å². The quantitative estimate of drug-likeness (QED) is 0.113. The Morgan fingerprint density at radius 2 is 1.03 bits per heavy atom. The van der Waals surface area contributed by atoms with E-state index in [0.717, 1.165) is 89.7 Å². The Labute approximate surface area is 335 Å². The van der Waals surface area contributed by atoms with Gasteiger partial charge >= 0.3 is 21.8 Å². The van der Waals surface area contributed by atoms with Gasteiger partial charge in [-0.05, 0) is 19.9 Å². The topological polar surface area (TPSA) is 336 Å². The van der Waals surface area contributed by atoms with E-state index in [-0.39, 0.29) is 41.8 Å². The summed E-state index contributed by atoms with van der Waals surface area (Å²) in [7, 11) is 0.944. The number of quaternary nitrogens is 1. The second-order valence-corrected chi connectivity index (χ2v) is 15.0. The lowest BCUT2D eigenvalue weighted by molar-refractivity contribution is -0.890. The second-order valence-electron chi connectivity index (χ2n) is 12.4. The number of anilines is 2. The maximum atomic E-state index is 11.1. The molecule has 2 aromatic rings. The van der Waals surface area contributed by atoms with E-state index in [1.807, 2.05) is 11.9 Å². The number of nitrogens with zero attached hydrogens (tertiary/aromatic N) is 10. The fourth-order valence-corrected chi connectivity index (χ4v) is 4.78. The highest BCUT2D eigenvalue weighted by atomic mass is 32.3. The zero-order valence-electron chi connectivity index (χ0n) is 32.0. The molecule has 0 aromatic carbocycles. The third-order valence-electron chi connectivity index (χ3n) is 7.97. The summed E-state index contributed by atoms with van der Waals surface area (Å²) in [6, 6.07) is 1.93. The summed E-state index contributed by atoms with van der Waals surface area (Å²) < 4.78 is 64.3. The van der Waals surface area contributed by atoms with E-state index in [4.69, 9.17) is 4.74 Å². The van der Waals surface area contributed by atoms with Crippen LogP contribution in [0.25, 0.3) is 0 Å². The highest BCUT2D eigenvalue weighted by molar-refractivity contribution is 7.81. The minimum Gasteiger partial charge on any atom is -0.726 e. The third kappa shape index (κ3) is 19.5. The van der Waals surface area contributed by atoms with Gasteiger partial charge in [-0.2, -0.15) is 8.42 Å². The molecule has 0 unspecified atom stereocenters. The van der Waals surface area contributed by atoms with Gasteiger partial charge in [-0.15, -0.1) is 0 Å². The fraction of sp³-hybridized carbons (Fsp3) is 0.655. The maximum absolute atomic E-state index is 11.1. The van der Waals surface area contributed by atoms with E-state index in [1.165, 1.54) is 12.8 Å². The van der Waals surface area contributed by atoms with E-state index in [1.54, 1.807) is 4.90 Å². The second kappa shape index (κ2) is 24.8. The number of hydrogen-bond donors (Lipinski definition) is 0. The molecule has 0 N–H and O–H groups in total. The first-order chi connectivity index (χ1) is 26.5. The van der Waals surface area contributed by atoms with Crippen LogP contribution < -0.4 is 9.80 Å². The summed E-state index contributed by atoms with van der Waals surface area (Å²) >= 11 is 0. The minimum absolute atomic E-state index is 0. The number of pyridine rings is 2. The predicted molar refractivity (Wildman–Crippen MR) is 205 cm³/mol. The van der Waals surface area contributed by atoms with Gasteiger partial charge in [0.25, 0.3) is 11.4 Å². The van der Waals surface area contributed by atoms with Crippen molar-refractivity contribution in [3.8, 4) is 0 Å². The van der Waals surface area contributed by atoms with Crippen LogP contribution in [-0.4, -0.2) is 168 Å². The van der Waals surface area contributed by atoms with Crippen LogP contribution in [0.15, 0.2) is 24.5 Å². The van der Waals surface area contributed by atoms with Crippen molar-refractivity contribution < 1.29 is 62.9 Å². The van der Waals surface area contributed by atoms with Crippen molar-refractivity contribution in [2.45, 2.75) is 20.3 Å². The number of hydrogen-bond acceptors (Lipinski definition) is 22. The molecule has 5 rings (SSSR count). The Morgan fingerprint density at radius 1 is 0.672 bits per heavy atom. The smallest absolute Gasteiger partial charge is 0.399 e. The van der Waals surface area contributed by atoms with Crippen molar-refractivity contribution >= 4 is 55.2 Å². The van der Waals surface area contributed by atoms with Gasteiger partial charge < -0.3 is 28.5 Å². The Balaban J connectivity index is 0.000000783. The van der Waals surface area contributed by atoms with Crippen molar-refractivity contribution in [1.29, 1.82) is 0 Å². The number of rotatable bonds is 9. The van der Waals surface area contributed by atoms with Gasteiger partial charge in [0, 0.05) is 39.4 Å². The molecule has 3 aliphatic rings. The number of likely N-dealkylation sites (N-methyl/N-ethyl adjacent to an activating group) is 2. The summed E-state index contributed by atoms with van der Waals surface area (Å²) in [5.41, 5.74) is -1.37. The first-order valence-electron chi connectivity index (χ1n) is 16.5. The molecule has 3 saturated heterocycles. The van der Waals surface area contributed by atoms with Crippen molar-refractivity contribution in [3.63, 3.8) is 0 Å². The highest BCUT2D eigenvalue weighted by Crippen LogP contribution is 2.31. The molecule has 2 aromatic heterocycles. The Morgan fingerprint density at radius 3 is 1.29 bits per heavy atom. The van der Waals surface area contributed by atoms with Crippen LogP contribution in [0.1, 0.15) is 20.3 Å². The molecular formula is C29H50N10O17S2.